The molecule has 4 nitrogen and oxygen atoms in total. The zero-order valence-electron chi connectivity index (χ0n) is 11.5. The first-order valence-corrected chi connectivity index (χ1v) is 7.36. The number of rotatable bonds is 3. The Balaban J connectivity index is 1.76. The van der Waals surface area contributed by atoms with Gasteiger partial charge in [-0.3, -0.25) is 9.69 Å². The number of ether oxygens (including phenoxy) is 1. The number of halogens is 2. The van der Waals surface area contributed by atoms with Gasteiger partial charge in [-0.1, -0.05) is 17.7 Å². The Morgan fingerprint density at radius 3 is 3.05 bits per heavy atom. The number of carboxylic acids is 1. The van der Waals surface area contributed by atoms with Gasteiger partial charge >= 0.3 is 5.97 Å². The summed E-state index contributed by atoms with van der Waals surface area (Å²) < 4.78 is 18.6. The molecule has 2 aliphatic heterocycles. The topological polar surface area (TPSA) is 49.8 Å². The van der Waals surface area contributed by atoms with Gasteiger partial charge in [-0.25, -0.2) is 4.39 Å². The minimum absolute atomic E-state index is 0.0136. The minimum atomic E-state index is -0.740. The van der Waals surface area contributed by atoms with Crippen molar-refractivity contribution in [2.45, 2.75) is 13.0 Å². The predicted molar refractivity (Wildman–Crippen MR) is 75.7 cm³/mol. The first-order valence-electron chi connectivity index (χ1n) is 6.99. The highest BCUT2D eigenvalue weighted by Gasteiger charge is 2.53. The van der Waals surface area contributed by atoms with Crippen LogP contribution in [0.1, 0.15) is 12.0 Å². The molecule has 2 atom stereocenters. The lowest BCUT2D eigenvalue weighted by Gasteiger charge is -2.34. The lowest BCUT2D eigenvalue weighted by Crippen LogP contribution is -2.44. The van der Waals surface area contributed by atoms with Crippen LogP contribution in [0.25, 0.3) is 0 Å². The molecular weight excluding hydrogens is 297 g/mol. The van der Waals surface area contributed by atoms with Crippen molar-refractivity contribution >= 4 is 17.6 Å². The maximum absolute atomic E-state index is 13.2. The SMILES string of the molecule is O=C(O)[C@]12CCOC[C@H]1CN(Cc1ccc(F)c(Cl)c1)C2. The van der Waals surface area contributed by atoms with E-state index in [1.54, 1.807) is 12.1 Å². The Hall–Kier alpha value is -1.17. The number of carbonyl (C=O) groups is 1. The minimum Gasteiger partial charge on any atom is -0.481 e. The molecule has 2 saturated heterocycles. The smallest absolute Gasteiger partial charge is 0.311 e. The molecule has 1 aromatic carbocycles. The van der Waals surface area contributed by atoms with Crippen molar-refractivity contribution in [2.24, 2.45) is 11.3 Å². The Morgan fingerprint density at radius 1 is 1.57 bits per heavy atom. The molecule has 1 N–H and O–H groups in total. The zero-order valence-corrected chi connectivity index (χ0v) is 12.3. The third-order valence-electron chi connectivity index (χ3n) is 4.59. The molecule has 0 aliphatic carbocycles. The summed E-state index contributed by atoms with van der Waals surface area (Å²) in [7, 11) is 0. The van der Waals surface area contributed by atoms with Crippen LogP contribution in [0.3, 0.4) is 0 Å². The average Bonchev–Trinajstić information content (AvgIpc) is 2.82. The number of fused-ring (bicyclic) bond motifs is 1. The molecule has 114 valence electrons. The van der Waals surface area contributed by atoms with Crippen LogP contribution in [0.2, 0.25) is 5.02 Å². The molecule has 2 heterocycles. The van der Waals surface area contributed by atoms with E-state index in [2.05, 4.69) is 4.90 Å². The van der Waals surface area contributed by atoms with Gasteiger partial charge in [0, 0.05) is 32.2 Å². The predicted octanol–water partition coefficient (Wildman–Crippen LogP) is 2.40. The fourth-order valence-electron chi connectivity index (χ4n) is 3.42. The van der Waals surface area contributed by atoms with Crippen molar-refractivity contribution in [3.05, 3.63) is 34.6 Å². The summed E-state index contributed by atoms with van der Waals surface area (Å²) in [5.74, 6) is -1.17. The van der Waals surface area contributed by atoms with Crippen molar-refractivity contribution in [2.75, 3.05) is 26.3 Å². The van der Waals surface area contributed by atoms with Gasteiger partial charge in [-0.05, 0) is 24.1 Å². The highest BCUT2D eigenvalue weighted by atomic mass is 35.5. The van der Waals surface area contributed by atoms with Gasteiger partial charge in [0.25, 0.3) is 0 Å². The molecule has 0 saturated carbocycles. The number of likely N-dealkylation sites (tertiary alicyclic amines) is 1. The molecule has 0 unspecified atom stereocenters. The Labute approximate surface area is 127 Å². The molecular formula is C15H17ClFNO3. The van der Waals surface area contributed by atoms with Crippen LogP contribution in [-0.4, -0.2) is 42.3 Å². The van der Waals surface area contributed by atoms with E-state index >= 15 is 0 Å². The van der Waals surface area contributed by atoms with E-state index < -0.39 is 17.2 Å². The fourth-order valence-corrected chi connectivity index (χ4v) is 3.62. The lowest BCUT2D eigenvalue weighted by atomic mass is 9.74. The van der Waals surface area contributed by atoms with Crippen LogP contribution in [0.4, 0.5) is 4.39 Å². The second kappa shape index (κ2) is 5.55. The molecule has 0 aromatic heterocycles. The summed E-state index contributed by atoms with van der Waals surface area (Å²) >= 11 is 5.79. The summed E-state index contributed by atoms with van der Waals surface area (Å²) in [4.78, 5) is 13.8. The summed E-state index contributed by atoms with van der Waals surface area (Å²) in [6, 6.07) is 4.63. The molecule has 2 aliphatic rings. The molecule has 21 heavy (non-hydrogen) atoms. The number of hydrogen-bond donors (Lipinski definition) is 1. The first-order chi connectivity index (χ1) is 10.0. The van der Waals surface area contributed by atoms with Gasteiger partial charge in [0.2, 0.25) is 0 Å². The highest BCUT2D eigenvalue weighted by Crippen LogP contribution is 2.42. The van der Waals surface area contributed by atoms with Gasteiger partial charge in [0.15, 0.2) is 0 Å². The van der Waals surface area contributed by atoms with Crippen LogP contribution < -0.4 is 0 Å². The van der Waals surface area contributed by atoms with Crippen molar-refractivity contribution in [3.63, 3.8) is 0 Å². The quantitative estimate of drug-likeness (QED) is 0.931. The van der Waals surface area contributed by atoms with E-state index in [0.29, 0.717) is 39.3 Å². The van der Waals surface area contributed by atoms with Gasteiger partial charge in [0.05, 0.1) is 17.0 Å². The molecule has 0 bridgehead atoms. The van der Waals surface area contributed by atoms with E-state index in [-0.39, 0.29) is 10.9 Å². The molecule has 6 heteroatoms. The molecule has 2 fully saturated rings. The first kappa shape index (κ1) is 14.8. The van der Waals surface area contributed by atoms with Crippen molar-refractivity contribution in [1.29, 1.82) is 0 Å². The molecule has 0 spiro atoms. The van der Waals surface area contributed by atoms with Crippen LogP contribution in [0.5, 0.6) is 0 Å². The summed E-state index contributed by atoms with van der Waals surface area (Å²) in [6.45, 7) is 2.75. The Kier molecular flexibility index (Phi) is 3.90. The maximum Gasteiger partial charge on any atom is 0.311 e. The third kappa shape index (κ3) is 2.65. The molecule has 0 amide bonds. The second-order valence-corrected chi connectivity index (χ2v) is 6.31. The van der Waals surface area contributed by atoms with E-state index in [1.807, 2.05) is 0 Å². The molecule has 3 rings (SSSR count). The fraction of sp³-hybridized carbons (Fsp3) is 0.533. The van der Waals surface area contributed by atoms with Gasteiger partial charge in [0.1, 0.15) is 5.82 Å². The number of hydrogen-bond acceptors (Lipinski definition) is 3. The lowest BCUT2D eigenvalue weighted by molar-refractivity contribution is -0.157. The largest absolute Gasteiger partial charge is 0.481 e. The highest BCUT2D eigenvalue weighted by molar-refractivity contribution is 6.30. The summed E-state index contributed by atoms with van der Waals surface area (Å²) in [6.07, 6.45) is 0.549. The van der Waals surface area contributed by atoms with E-state index in [1.165, 1.54) is 6.07 Å². The van der Waals surface area contributed by atoms with E-state index in [9.17, 15) is 14.3 Å². The van der Waals surface area contributed by atoms with Crippen molar-refractivity contribution in [3.8, 4) is 0 Å². The van der Waals surface area contributed by atoms with Gasteiger partial charge in [-0.15, -0.1) is 0 Å². The van der Waals surface area contributed by atoms with E-state index in [0.717, 1.165) is 5.56 Å². The number of benzene rings is 1. The average molecular weight is 314 g/mol. The second-order valence-electron chi connectivity index (χ2n) is 5.90. The van der Waals surface area contributed by atoms with Gasteiger partial charge < -0.3 is 9.84 Å². The Morgan fingerprint density at radius 2 is 2.38 bits per heavy atom. The summed E-state index contributed by atoms with van der Waals surface area (Å²) in [5.41, 5.74) is 0.184. The van der Waals surface area contributed by atoms with Crippen molar-refractivity contribution < 1.29 is 19.0 Å². The molecule has 0 radical (unpaired) electrons. The van der Waals surface area contributed by atoms with Gasteiger partial charge in [-0.2, -0.15) is 0 Å². The van der Waals surface area contributed by atoms with Crippen LogP contribution in [-0.2, 0) is 16.1 Å². The standard InChI is InChI=1S/C15H17ClFNO3/c16-12-5-10(1-2-13(12)17)6-18-7-11-8-21-4-3-15(11,9-18)14(19)20/h1-2,5,11H,3-4,6-9H2,(H,19,20)/t11-,15+/m1/s1. The van der Waals surface area contributed by atoms with E-state index in [4.69, 9.17) is 16.3 Å². The monoisotopic (exact) mass is 313 g/mol. The summed E-state index contributed by atoms with van der Waals surface area (Å²) in [5, 5.41) is 9.71. The number of carboxylic acid groups (broad SMARTS) is 1. The van der Waals surface area contributed by atoms with Crippen LogP contribution in [0.15, 0.2) is 18.2 Å². The molecule has 1 aromatic rings. The van der Waals surface area contributed by atoms with Crippen LogP contribution in [0, 0.1) is 17.2 Å². The number of aliphatic carboxylic acids is 1. The zero-order chi connectivity index (χ0) is 15.0. The number of nitrogens with zero attached hydrogens (tertiary/aromatic N) is 1. The third-order valence-corrected chi connectivity index (χ3v) is 4.88. The maximum atomic E-state index is 13.2. The van der Waals surface area contributed by atoms with Crippen molar-refractivity contribution in [1.82, 2.24) is 4.90 Å². The normalized spacial score (nSPS) is 29.3. The Bertz CT molecular complexity index is 568. The van der Waals surface area contributed by atoms with Crippen LogP contribution >= 0.6 is 11.6 Å².